The molecule has 2 heterocycles. The Hall–Kier alpha value is -4.88. The molecular formula is C42H42O6. The number of unbranched alkanes of at least 4 members (excludes halogenated alkanes) is 3. The second kappa shape index (κ2) is 17.3. The first-order valence-corrected chi connectivity index (χ1v) is 16.9. The average molecular weight is 643 g/mol. The van der Waals surface area contributed by atoms with Gasteiger partial charge in [-0.2, -0.15) is 0 Å². The van der Waals surface area contributed by atoms with Crippen LogP contribution in [0.4, 0.5) is 0 Å². The van der Waals surface area contributed by atoms with E-state index in [-0.39, 0.29) is 18.3 Å². The zero-order valence-electron chi connectivity index (χ0n) is 27.5. The van der Waals surface area contributed by atoms with Crippen molar-refractivity contribution in [2.45, 2.75) is 57.3 Å². The van der Waals surface area contributed by atoms with E-state index in [4.69, 9.17) is 28.4 Å². The van der Waals surface area contributed by atoms with Crippen LogP contribution in [-0.2, 0) is 9.47 Å². The van der Waals surface area contributed by atoms with Gasteiger partial charge in [-0.05, 0) is 123 Å². The fraction of sp³-hybridized carbons (Fsp3) is 0.333. The molecule has 0 aliphatic carbocycles. The van der Waals surface area contributed by atoms with Crippen LogP contribution in [0.2, 0.25) is 0 Å². The van der Waals surface area contributed by atoms with E-state index < -0.39 is 0 Å². The maximum Gasteiger partial charge on any atom is 0.119 e. The molecule has 2 fully saturated rings. The zero-order chi connectivity index (χ0) is 32.8. The molecule has 6 heteroatoms. The van der Waals surface area contributed by atoms with E-state index in [2.05, 4.69) is 30.6 Å². The second-order valence-corrected chi connectivity index (χ2v) is 12.1. The molecule has 2 aliphatic heterocycles. The van der Waals surface area contributed by atoms with Crippen molar-refractivity contribution in [3.05, 3.63) is 119 Å². The SMILES string of the molecule is CC(CCCCCCOc1ccc(C#Cc2ccc(OCC3CO3)cc2)cc1)Oc1ccc(C#Cc2ccc(OCC3CO3)cc2)cc1. The molecule has 0 amide bonds. The van der Waals surface area contributed by atoms with Gasteiger partial charge in [-0.25, -0.2) is 0 Å². The number of epoxide rings is 2. The Bertz CT molecular complexity index is 1680. The van der Waals surface area contributed by atoms with Crippen LogP contribution in [-0.4, -0.2) is 51.3 Å². The van der Waals surface area contributed by atoms with Crippen molar-refractivity contribution in [2.24, 2.45) is 0 Å². The lowest BCUT2D eigenvalue weighted by Crippen LogP contribution is -2.11. The largest absolute Gasteiger partial charge is 0.494 e. The summed E-state index contributed by atoms with van der Waals surface area (Å²) in [6.07, 6.45) is 6.13. The monoisotopic (exact) mass is 642 g/mol. The summed E-state index contributed by atoms with van der Waals surface area (Å²) in [4.78, 5) is 0. The fourth-order valence-corrected chi connectivity index (χ4v) is 4.88. The van der Waals surface area contributed by atoms with E-state index in [1.54, 1.807) is 0 Å². The van der Waals surface area contributed by atoms with Gasteiger partial charge in [0.25, 0.3) is 0 Å². The van der Waals surface area contributed by atoms with E-state index in [1.165, 1.54) is 0 Å². The minimum absolute atomic E-state index is 0.160. The Morgan fingerprint density at radius 1 is 0.521 bits per heavy atom. The third kappa shape index (κ3) is 11.7. The van der Waals surface area contributed by atoms with Crippen LogP contribution in [0, 0.1) is 23.7 Å². The first kappa shape index (κ1) is 33.0. The number of hydrogen-bond acceptors (Lipinski definition) is 6. The number of hydrogen-bond donors (Lipinski definition) is 0. The Morgan fingerprint density at radius 3 is 1.31 bits per heavy atom. The number of ether oxygens (including phenoxy) is 6. The Labute approximate surface area is 284 Å². The number of rotatable bonds is 16. The summed E-state index contributed by atoms with van der Waals surface area (Å²) in [7, 11) is 0. The predicted octanol–water partition coefficient (Wildman–Crippen LogP) is 7.84. The minimum Gasteiger partial charge on any atom is -0.494 e. The molecule has 0 aromatic heterocycles. The van der Waals surface area contributed by atoms with Gasteiger partial charge in [0.1, 0.15) is 48.4 Å². The van der Waals surface area contributed by atoms with Gasteiger partial charge in [0.2, 0.25) is 0 Å². The highest BCUT2D eigenvalue weighted by Crippen LogP contribution is 2.19. The second-order valence-electron chi connectivity index (χ2n) is 12.1. The predicted molar refractivity (Wildman–Crippen MR) is 187 cm³/mol. The first-order chi connectivity index (χ1) is 23.6. The van der Waals surface area contributed by atoms with Gasteiger partial charge in [-0.1, -0.05) is 36.5 Å². The molecule has 2 saturated heterocycles. The van der Waals surface area contributed by atoms with Gasteiger partial charge in [0.15, 0.2) is 0 Å². The highest BCUT2D eigenvalue weighted by molar-refractivity contribution is 5.46. The van der Waals surface area contributed by atoms with Crippen molar-refractivity contribution in [3.63, 3.8) is 0 Å². The molecule has 3 unspecified atom stereocenters. The van der Waals surface area contributed by atoms with Crippen molar-refractivity contribution in [1.29, 1.82) is 0 Å². The molecular weight excluding hydrogens is 600 g/mol. The smallest absolute Gasteiger partial charge is 0.119 e. The third-order valence-corrected chi connectivity index (χ3v) is 7.91. The molecule has 246 valence electrons. The van der Waals surface area contributed by atoms with Gasteiger partial charge < -0.3 is 28.4 Å². The normalized spacial score (nSPS) is 16.4. The van der Waals surface area contributed by atoms with E-state index in [9.17, 15) is 0 Å². The maximum atomic E-state index is 6.14. The van der Waals surface area contributed by atoms with Gasteiger partial charge in [0.05, 0.1) is 25.9 Å². The van der Waals surface area contributed by atoms with Crippen molar-refractivity contribution in [2.75, 3.05) is 33.0 Å². The van der Waals surface area contributed by atoms with E-state index in [0.717, 1.165) is 90.6 Å². The van der Waals surface area contributed by atoms with Gasteiger partial charge >= 0.3 is 0 Å². The van der Waals surface area contributed by atoms with E-state index in [1.807, 2.05) is 97.1 Å². The van der Waals surface area contributed by atoms with Crippen molar-refractivity contribution >= 4 is 0 Å². The Morgan fingerprint density at radius 2 is 0.896 bits per heavy atom. The molecule has 4 aromatic rings. The molecule has 0 bridgehead atoms. The topological polar surface area (TPSA) is 62.0 Å². The lowest BCUT2D eigenvalue weighted by molar-refractivity contribution is 0.205. The molecule has 6 rings (SSSR count). The van der Waals surface area contributed by atoms with E-state index in [0.29, 0.717) is 19.8 Å². The van der Waals surface area contributed by atoms with Gasteiger partial charge in [0, 0.05) is 22.3 Å². The van der Waals surface area contributed by atoms with Crippen LogP contribution in [0.25, 0.3) is 0 Å². The molecule has 0 spiro atoms. The van der Waals surface area contributed by atoms with E-state index >= 15 is 0 Å². The summed E-state index contributed by atoms with van der Waals surface area (Å²) in [5.41, 5.74) is 3.81. The number of benzene rings is 4. The highest BCUT2D eigenvalue weighted by atomic mass is 16.6. The third-order valence-electron chi connectivity index (χ3n) is 7.91. The van der Waals surface area contributed by atoms with Crippen molar-refractivity contribution in [1.82, 2.24) is 0 Å². The average Bonchev–Trinajstić information content (AvgIpc) is 4.06. The molecule has 0 saturated carbocycles. The van der Waals surface area contributed by atoms with Crippen LogP contribution in [0.1, 0.15) is 61.3 Å². The first-order valence-electron chi connectivity index (χ1n) is 16.9. The Kier molecular flexibility index (Phi) is 11.9. The summed E-state index contributed by atoms with van der Waals surface area (Å²) in [5.74, 6) is 16.3. The van der Waals surface area contributed by atoms with Crippen molar-refractivity contribution < 1.29 is 28.4 Å². The Balaban J connectivity index is 0.812. The summed E-state index contributed by atoms with van der Waals surface area (Å²) in [5, 5.41) is 0. The summed E-state index contributed by atoms with van der Waals surface area (Å²) in [6, 6.07) is 31.7. The van der Waals surface area contributed by atoms with Crippen LogP contribution in [0.15, 0.2) is 97.1 Å². The molecule has 0 radical (unpaired) electrons. The fourth-order valence-electron chi connectivity index (χ4n) is 4.88. The van der Waals surface area contributed by atoms with Crippen molar-refractivity contribution in [3.8, 4) is 46.7 Å². The summed E-state index contributed by atoms with van der Waals surface area (Å²) >= 11 is 0. The van der Waals surface area contributed by atoms with Crippen LogP contribution in [0.3, 0.4) is 0 Å². The lowest BCUT2D eigenvalue weighted by Gasteiger charge is -2.14. The lowest BCUT2D eigenvalue weighted by atomic mass is 10.1. The molecule has 48 heavy (non-hydrogen) atoms. The standard InChI is InChI=1S/C42H42O6/c1-32(48-40-25-17-36(18-26-40)10-9-35-15-23-39(24-16-35)45-29-42-31-47-42)6-4-2-3-5-27-43-37-19-11-33(12-20-37)7-8-34-13-21-38(22-14-34)44-28-41-30-46-41/h11-26,32,41-42H,2-6,27-31H2,1H3. The quantitative estimate of drug-likeness (QED) is 0.0705. The van der Waals surface area contributed by atoms with Crippen LogP contribution in [0.5, 0.6) is 23.0 Å². The highest BCUT2D eigenvalue weighted by Gasteiger charge is 2.23. The molecule has 3 atom stereocenters. The molecule has 6 nitrogen and oxygen atoms in total. The summed E-state index contributed by atoms with van der Waals surface area (Å²) < 4.78 is 33.8. The minimum atomic E-state index is 0.160. The molecule has 2 aliphatic rings. The van der Waals surface area contributed by atoms with Crippen LogP contribution < -0.4 is 18.9 Å². The van der Waals surface area contributed by atoms with Gasteiger partial charge in [-0.15, -0.1) is 0 Å². The molecule has 0 N–H and O–H groups in total. The molecule has 4 aromatic carbocycles. The van der Waals surface area contributed by atoms with Gasteiger partial charge in [-0.3, -0.25) is 0 Å². The van der Waals surface area contributed by atoms with Crippen LogP contribution >= 0.6 is 0 Å². The zero-order valence-corrected chi connectivity index (χ0v) is 27.5. The summed E-state index contributed by atoms with van der Waals surface area (Å²) in [6.45, 7) is 5.65. The maximum absolute atomic E-state index is 6.14.